The summed E-state index contributed by atoms with van der Waals surface area (Å²) < 4.78 is 0. The second-order valence-corrected chi connectivity index (χ2v) is 5.02. The van der Waals surface area contributed by atoms with Gasteiger partial charge in [-0.3, -0.25) is 9.69 Å². The zero-order valence-electron chi connectivity index (χ0n) is 10.4. The molecular weight excluding hydrogens is 250 g/mol. The molecular formula is C13H18ClN3O. The van der Waals surface area contributed by atoms with Crippen molar-refractivity contribution >= 4 is 23.2 Å². The molecule has 1 aliphatic heterocycles. The van der Waals surface area contributed by atoms with Gasteiger partial charge >= 0.3 is 0 Å². The molecule has 18 heavy (non-hydrogen) atoms. The van der Waals surface area contributed by atoms with Gasteiger partial charge in [0.25, 0.3) is 0 Å². The molecule has 1 atom stereocenters. The first kappa shape index (κ1) is 13.3. The number of nitrogens with zero attached hydrogens (tertiary/aromatic N) is 1. The van der Waals surface area contributed by atoms with Gasteiger partial charge in [-0.15, -0.1) is 0 Å². The fourth-order valence-electron chi connectivity index (χ4n) is 2.04. The van der Waals surface area contributed by atoms with Gasteiger partial charge in [0.1, 0.15) is 0 Å². The van der Waals surface area contributed by atoms with Gasteiger partial charge in [0.2, 0.25) is 5.91 Å². The molecule has 0 saturated carbocycles. The summed E-state index contributed by atoms with van der Waals surface area (Å²) in [6.07, 6.45) is 0. The number of carbonyl (C=O) groups is 1. The molecule has 0 bridgehead atoms. The smallest absolute Gasteiger partial charge is 0.238 e. The lowest BCUT2D eigenvalue weighted by Gasteiger charge is -2.33. The Hall–Kier alpha value is -1.10. The largest absolute Gasteiger partial charge is 0.325 e. The van der Waals surface area contributed by atoms with E-state index >= 15 is 0 Å². The van der Waals surface area contributed by atoms with Crippen molar-refractivity contribution in [3.05, 3.63) is 29.3 Å². The van der Waals surface area contributed by atoms with E-state index in [0.717, 1.165) is 25.3 Å². The van der Waals surface area contributed by atoms with Crippen LogP contribution in [-0.2, 0) is 4.79 Å². The molecule has 1 saturated heterocycles. The van der Waals surface area contributed by atoms with Crippen molar-refractivity contribution in [1.82, 2.24) is 10.2 Å². The Labute approximate surface area is 112 Å². The molecule has 1 amide bonds. The van der Waals surface area contributed by atoms with E-state index in [0.29, 0.717) is 17.6 Å². The highest BCUT2D eigenvalue weighted by molar-refractivity contribution is 6.30. The van der Waals surface area contributed by atoms with Crippen LogP contribution in [0.5, 0.6) is 0 Å². The number of halogens is 1. The van der Waals surface area contributed by atoms with Crippen molar-refractivity contribution in [3.63, 3.8) is 0 Å². The van der Waals surface area contributed by atoms with Crippen molar-refractivity contribution in [2.75, 3.05) is 31.5 Å². The Bertz CT molecular complexity index is 407. The molecule has 0 unspecified atom stereocenters. The van der Waals surface area contributed by atoms with Crippen molar-refractivity contribution in [3.8, 4) is 0 Å². The van der Waals surface area contributed by atoms with Gasteiger partial charge in [-0.05, 0) is 31.2 Å². The molecule has 4 nitrogen and oxygen atoms in total. The van der Waals surface area contributed by atoms with E-state index in [2.05, 4.69) is 22.5 Å². The van der Waals surface area contributed by atoms with Crippen molar-refractivity contribution in [2.24, 2.45) is 0 Å². The van der Waals surface area contributed by atoms with E-state index in [1.165, 1.54) is 0 Å². The molecule has 1 heterocycles. The highest BCUT2D eigenvalue weighted by Gasteiger charge is 2.20. The second-order valence-electron chi connectivity index (χ2n) is 4.58. The Morgan fingerprint density at radius 3 is 2.89 bits per heavy atom. The first-order valence-corrected chi connectivity index (χ1v) is 6.53. The van der Waals surface area contributed by atoms with E-state index in [9.17, 15) is 4.79 Å². The summed E-state index contributed by atoms with van der Waals surface area (Å²) in [5.41, 5.74) is 0.784. The van der Waals surface area contributed by atoms with E-state index in [1.807, 2.05) is 0 Å². The van der Waals surface area contributed by atoms with Gasteiger partial charge in [0.15, 0.2) is 0 Å². The van der Waals surface area contributed by atoms with Gasteiger partial charge in [0.05, 0.1) is 6.54 Å². The average Bonchev–Trinajstić information content (AvgIpc) is 2.35. The molecule has 1 aromatic rings. The summed E-state index contributed by atoms with van der Waals surface area (Å²) in [5, 5.41) is 6.85. The summed E-state index contributed by atoms with van der Waals surface area (Å²) in [6.45, 7) is 5.36. The van der Waals surface area contributed by atoms with Crippen LogP contribution >= 0.6 is 11.6 Å². The van der Waals surface area contributed by atoms with E-state index in [-0.39, 0.29) is 5.91 Å². The maximum Gasteiger partial charge on any atom is 0.238 e. The zero-order valence-corrected chi connectivity index (χ0v) is 11.2. The highest BCUT2D eigenvalue weighted by atomic mass is 35.5. The lowest BCUT2D eigenvalue weighted by molar-refractivity contribution is -0.118. The number of hydrogen-bond acceptors (Lipinski definition) is 3. The van der Waals surface area contributed by atoms with Crippen LogP contribution in [0, 0.1) is 0 Å². The van der Waals surface area contributed by atoms with Crippen molar-refractivity contribution in [1.29, 1.82) is 0 Å². The summed E-state index contributed by atoms with van der Waals surface area (Å²) in [7, 11) is 0. The number of rotatable bonds is 3. The SMILES string of the molecule is C[C@H]1CNCCN1CC(=O)Nc1ccc(Cl)cc1. The molecule has 2 rings (SSSR count). The number of carbonyl (C=O) groups excluding carboxylic acids is 1. The number of benzene rings is 1. The number of nitrogens with one attached hydrogen (secondary N) is 2. The quantitative estimate of drug-likeness (QED) is 0.874. The first-order chi connectivity index (χ1) is 8.65. The number of anilines is 1. The molecule has 98 valence electrons. The minimum absolute atomic E-state index is 0.0195. The lowest BCUT2D eigenvalue weighted by Crippen LogP contribution is -2.51. The Morgan fingerprint density at radius 2 is 2.22 bits per heavy atom. The molecule has 2 N–H and O–H groups in total. The molecule has 5 heteroatoms. The summed E-state index contributed by atoms with van der Waals surface area (Å²) >= 11 is 5.80. The normalized spacial score (nSPS) is 20.7. The van der Waals surface area contributed by atoms with Crippen LogP contribution in [0.1, 0.15) is 6.92 Å². The molecule has 1 aliphatic rings. The van der Waals surface area contributed by atoms with Crippen LogP contribution in [0.3, 0.4) is 0 Å². The van der Waals surface area contributed by atoms with Gasteiger partial charge in [-0.25, -0.2) is 0 Å². The van der Waals surface area contributed by atoms with Crippen LogP contribution in [-0.4, -0.2) is 43.0 Å². The van der Waals surface area contributed by atoms with Crippen molar-refractivity contribution in [2.45, 2.75) is 13.0 Å². The van der Waals surface area contributed by atoms with Crippen LogP contribution < -0.4 is 10.6 Å². The first-order valence-electron chi connectivity index (χ1n) is 6.15. The van der Waals surface area contributed by atoms with E-state index in [4.69, 9.17) is 11.6 Å². The monoisotopic (exact) mass is 267 g/mol. The fraction of sp³-hybridized carbons (Fsp3) is 0.462. The third kappa shape index (κ3) is 3.70. The molecule has 0 radical (unpaired) electrons. The third-order valence-corrected chi connectivity index (χ3v) is 3.37. The predicted molar refractivity (Wildman–Crippen MR) is 74.0 cm³/mol. The summed E-state index contributed by atoms with van der Waals surface area (Å²) in [6, 6.07) is 7.55. The van der Waals surface area contributed by atoms with Crippen molar-refractivity contribution < 1.29 is 4.79 Å². The van der Waals surface area contributed by atoms with Gasteiger partial charge < -0.3 is 10.6 Å². The lowest BCUT2D eigenvalue weighted by atomic mass is 10.2. The van der Waals surface area contributed by atoms with Crippen LogP contribution in [0.15, 0.2) is 24.3 Å². The standard InChI is InChI=1S/C13H18ClN3O/c1-10-8-15-6-7-17(10)9-13(18)16-12-4-2-11(14)3-5-12/h2-5,10,15H,6-9H2,1H3,(H,16,18)/t10-/m0/s1. The van der Waals surface area contributed by atoms with Gasteiger partial charge in [-0.2, -0.15) is 0 Å². The number of piperazine rings is 1. The zero-order chi connectivity index (χ0) is 13.0. The third-order valence-electron chi connectivity index (χ3n) is 3.11. The maximum atomic E-state index is 11.9. The Balaban J connectivity index is 1.86. The molecule has 0 spiro atoms. The second kappa shape index (κ2) is 6.18. The fourth-order valence-corrected chi connectivity index (χ4v) is 2.16. The Morgan fingerprint density at radius 1 is 1.50 bits per heavy atom. The van der Waals surface area contributed by atoms with E-state index < -0.39 is 0 Å². The summed E-state index contributed by atoms with van der Waals surface area (Å²) in [4.78, 5) is 14.1. The van der Waals surface area contributed by atoms with Crippen LogP contribution in [0.25, 0.3) is 0 Å². The van der Waals surface area contributed by atoms with Gasteiger partial charge in [0, 0.05) is 36.4 Å². The Kier molecular flexibility index (Phi) is 4.58. The molecule has 1 fully saturated rings. The molecule has 0 aliphatic carbocycles. The molecule has 1 aromatic carbocycles. The topological polar surface area (TPSA) is 44.4 Å². The highest BCUT2D eigenvalue weighted by Crippen LogP contribution is 2.13. The molecule has 0 aromatic heterocycles. The van der Waals surface area contributed by atoms with Crippen LogP contribution in [0.2, 0.25) is 5.02 Å². The van der Waals surface area contributed by atoms with Gasteiger partial charge in [-0.1, -0.05) is 11.6 Å². The number of amides is 1. The van der Waals surface area contributed by atoms with E-state index in [1.54, 1.807) is 24.3 Å². The maximum absolute atomic E-state index is 11.9. The predicted octanol–water partition coefficient (Wildman–Crippen LogP) is 1.57. The summed E-state index contributed by atoms with van der Waals surface area (Å²) in [5.74, 6) is 0.0195. The number of hydrogen-bond donors (Lipinski definition) is 2. The average molecular weight is 268 g/mol. The van der Waals surface area contributed by atoms with Crippen LogP contribution in [0.4, 0.5) is 5.69 Å². The minimum atomic E-state index is 0.0195. The minimum Gasteiger partial charge on any atom is -0.325 e.